The smallest absolute Gasteiger partial charge is 0.0443 e. The Hall–Kier alpha value is 0. The molecule has 0 aliphatic rings. The normalized spacial score (nSPS) is 12.6. The van der Waals surface area contributed by atoms with E-state index in [0.717, 1.165) is 11.8 Å². The van der Waals surface area contributed by atoms with Crippen molar-refractivity contribution in [3.63, 3.8) is 0 Å². The molecule has 0 aromatic rings. The summed E-state index contributed by atoms with van der Waals surface area (Å²) in [4.78, 5) is 0. The minimum absolute atomic E-state index is 0.896. The van der Waals surface area contributed by atoms with Crippen molar-refractivity contribution in [2.24, 2.45) is 11.8 Å². The molecule has 0 fully saturated rings. The second kappa shape index (κ2) is 33.2. The minimum Gasteiger partial charge on any atom is -0.0654 e. The van der Waals surface area contributed by atoms with Gasteiger partial charge in [0.2, 0.25) is 0 Å². The zero-order chi connectivity index (χ0) is 27.8. The third-order valence-electron chi connectivity index (χ3n) is 9.03. The second-order valence-electron chi connectivity index (χ2n) is 13.8. The van der Waals surface area contributed by atoms with Crippen LogP contribution in [0.25, 0.3) is 0 Å². The molecular weight excluding hydrogens is 456 g/mol. The molecule has 0 spiro atoms. The Morgan fingerprint density at radius 2 is 0.474 bits per heavy atom. The highest BCUT2D eigenvalue weighted by Crippen LogP contribution is 2.19. The van der Waals surface area contributed by atoms with Crippen molar-refractivity contribution >= 4 is 0 Å². The summed E-state index contributed by atoms with van der Waals surface area (Å²) in [5.74, 6) is 1.86. The Balaban J connectivity index is 3.11. The fraction of sp³-hybridized carbons (Fsp3) is 1.00. The van der Waals surface area contributed by atoms with Gasteiger partial charge in [0.15, 0.2) is 0 Å². The van der Waals surface area contributed by atoms with Crippen molar-refractivity contribution in [1.82, 2.24) is 0 Å². The Morgan fingerprint density at radius 1 is 0.263 bits per heavy atom. The van der Waals surface area contributed by atoms with Crippen LogP contribution in [0.2, 0.25) is 0 Å². The van der Waals surface area contributed by atoms with Gasteiger partial charge in [-0.1, -0.05) is 233 Å². The second-order valence-corrected chi connectivity index (χ2v) is 13.8. The lowest BCUT2D eigenvalue weighted by Gasteiger charge is -2.11. The predicted octanol–water partition coefficient (Wildman–Crippen LogP) is 14.8. The highest BCUT2D eigenvalue weighted by atomic mass is 14.1. The van der Waals surface area contributed by atoms with Gasteiger partial charge < -0.3 is 0 Å². The molecule has 0 aliphatic heterocycles. The van der Waals surface area contributed by atoms with E-state index in [2.05, 4.69) is 27.7 Å². The zero-order valence-electron chi connectivity index (χ0n) is 27.8. The lowest BCUT2D eigenvalue weighted by molar-refractivity contribution is 0.430. The van der Waals surface area contributed by atoms with E-state index in [1.165, 1.54) is 205 Å². The van der Waals surface area contributed by atoms with Gasteiger partial charge in [0.25, 0.3) is 0 Å². The van der Waals surface area contributed by atoms with Crippen molar-refractivity contribution < 1.29 is 0 Å². The Kier molecular flexibility index (Phi) is 33.2. The summed E-state index contributed by atoms with van der Waals surface area (Å²) in [6.45, 7) is 9.51. The summed E-state index contributed by atoms with van der Waals surface area (Å²) in [6.07, 6.45) is 47.3. The first kappa shape index (κ1) is 38.0. The molecule has 0 aromatic carbocycles. The van der Waals surface area contributed by atoms with E-state index in [-0.39, 0.29) is 0 Å². The van der Waals surface area contributed by atoms with Crippen LogP contribution in [-0.4, -0.2) is 0 Å². The van der Waals surface area contributed by atoms with E-state index >= 15 is 0 Å². The fourth-order valence-electron chi connectivity index (χ4n) is 6.18. The van der Waals surface area contributed by atoms with Crippen LogP contribution in [0.4, 0.5) is 0 Å². The molecule has 0 saturated carbocycles. The van der Waals surface area contributed by atoms with E-state index in [1.54, 1.807) is 0 Å². The van der Waals surface area contributed by atoms with Gasteiger partial charge in [0, 0.05) is 0 Å². The van der Waals surface area contributed by atoms with Crippen LogP contribution in [0, 0.1) is 11.8 Å². The third kappa shape index (κ3) is 34.0. The van der Waals surface area contributed by atoms with Crippen molar-refractivity contribution in [2.45, 2.75) is 233 Å². The zero-order valence-corrected chi connectivity index (χ0v) is 27.8. The lowest BCUT2D eigenvalue weighted by atomic mass is 9.95. The predicted molar refractivity (Wildman–Crippen MR) is 177 cm³/mol. The van der Waals surface area contributed by atoms with Crippen LogP contribution >= 0.6 is 0 Å². The summed E-state index contributed by atoms with van der Waals surface area (Å²) < 4.78 is 0. The molecule has 0 nitrogen and oxygen atoms in total. The first-order chi connectivity index (χ1) is 18.7. The molecule has 0 saturated heterocycles. The lowest BCUT2D eigenvalue weighted by Crippen LogP contribution is -1.95. The van der Waals surface area contributed by atoms with Crippen LogP contribution in [0.15, 0.2) is 0 Å². The summed E-state index contributed by atoms with van der Waals surface area (Å²) in [6, 6.07) is 0. The van der Waals surface area contributed by atoms with Crippen molar-refractivity contribution in [1.29, 1.82) is 0 Å². The molecule has 0 radical (unpaired) electrons. The highest BCUT2D eigenvalue weighted by molar-refractivity contribution is 4.57. The first-order valence-electron chi connectivity index (χ1n) is 18.7. The monoisotopic (exact) mass is 535 g/mol. The molecule has 1 atom stereocenters. The molecule has 0 amide bonds. The van der Waals surface area contributed by atoms with Gasteiger partial charge in [0.1, 0.15) is 0 Å². The van der Waals surface area contributed by atoms with Crippen LogP contribution < -0.4 is 0 Å². The maximum absolute atomic E-state index is 2.50. The van der Waals surface area contributed by atoms with Gasteiger partial charge in [0.05, 0.1) is 0 Å². The van der Waals surface area contributed by atoms with Crippen molar-refractivity contribution in [3.8, 4) is 0 Å². The molecular formula is C38H78. The Morgan fingerprint density at radius 3 is 0.711 bits per heavy atom. The van der Waals surface area contributed by atoms with E-state index in [9.17, 15) is 0 Å². The Labute approximate surface area is 244 Å². The van der Waals surface area contributed by atoms with E-state index in [0.29, 0.717) is 0 Å². The van der Waals surface area contributed by atoms with Gasteiger partial charge in [-0.25, -0.2) is 0 Å². The molecule has 0 heteroatoms. The summed E-state index contributed by atoms with van der Waals surface area (Å²) >= 11 is 0. The number of unbranched alkanes of at least 4 members (excludes halogenated alkanes) is 27. The maximum atomic E-state index is 2.50. The Bertz CT molecular complexity index is 397. The summed E-state index contributed by atoms with van der Waals surface area (Å²) in [5.41, 5.74) is 0. The van der Waals surface area contributed by atoms with Crippen molar-refractivity contribution in [3.05, 3.63) is 0 Å². The van der Waals surface area contributed by atoms with Gasteiger partial charge in [-0.3, -0.25) is 0 Å². The van der Waals surface area contributed by atoms with Crippen LogP contribution in [-0.2, 0) is 0 Å². The largest absolute Gasteiger partial charge is 0.0654 e. The molecule has 0 aromatic heterocycles. The minimum atomic E-state index is 0.896. The van der Waals surface area contributed by atoms with Crippen LogP contribution in [0.5, 0.6) is 0 Å². The number of hydrogen-bond acceptors (Lipinski definition) is 0. The van der Waals surface area contributed by atoms with Gasteiger partial charge in [-0.05, 0) is 11.8 Å². The maximum Gasteiger partial charge on any atom is -0.0443 e. The summed E-state index contributed by atoms with van der Waals surface area (Å²) in [7, 11) is 0. The highest BCUT2D eigenvalue weighted by Gasteiger charge is 2.02. The molecule has 0 bridgehead atoms. The van der Waals surface area contributed by atoms with Gasteiger partial charge in [-0.2, -0.15) is 0 Å². The topological polar surface area (TPSA) is 0 Å². The average Bonchev–Trinajstić information content (AvgIpc) is 2.90. The molecule has 0 N–H and O–H groups in total. The molecule has 0 aliphatic carbocycles. The first-order valence-corrected chi connectivity index (χ1v) is 18.7. The standard InChI is InChI=1S/C38H78/c1-5-6-7-8-9-26-29-32-35-38(4)36-33-30-27-24-22-20-18-16-14-12-10-11-13-15-17-19-21-23-25-28-31-34-37(2)3/h37-38H,5-36H2,1-4H3. The number of rotatable bonds is 33. The third-order valence-corrected chi connectivity index (χ3v) is 9.03. The van der Waals surface area contributed by atoms with Crippen LogP contribution in [0.1, 0.15) is 233 Å². The quantitative estimate of drug-likeness (QED) is 0.0734. The van der Waals surface area contributed by atoms with E-state index < -0.39 is 0 Å². The summed E-state index contributed by atoms with van der Waals surface area (Å²) in [5, 5.41) is 0. The van der Waals surface area contributed by atoms with Crippen LogP contribution in [0.3, 0.4) is 0 Å². The number of hydrogen-bond donors (Lipinski definition) is 0. The molecule has 230 valence electrons. The van der Waals surface area contributed by atoms with Gasteiger partial charge in [-0.15, -0.1) is 0 Å². The van der Waals surface area contributed by atoms with Gasteiger partial charge >= 0.3 is 0 Å². The van der Waals surface area contributed by atoms with E-state index in [1.807, 2.05) is 0 Å². The molecule has 0 heterocycles. The molecule has 0 rings (SSSR count). The molecule has 1 unspecified atom stereocenters. The molecule has 38 heavy (non-hydrogen) atoms. The fourth-order valence-corrected chi connectivity index (χ4v) is 6.18. The SMILES string of the molecule is CCCCCCCCCCC(C)CCCCCCCCCCCCCCCCCCCCCCCC(C)C. The van der Waals surface area contributed by atoms with E-state index in [4.69, 9.17) is 0 Å². The average molecular weight is 535 g/mol. The van der Waals surface area contributed by atoms with Crippen molar-refractivity contribution in [2.75, 3.05) is 0 Å².